The average Bonchev–Trinajstić information content (AvgIpc) is 4.18. The summed E-state index contributed by atoms with van der Waals surface area (Å²) in [6.45, 7) is 8.91. The number of piperazine rings is 1. The Morgan fingerprint density at radius 1 is 0.781 bits per heavy atom. The van der Waals surface area contributed by atoms with Crippen molar-refractivity contribution in [3.63, 3.8) is 0 Å². The van der Waals surface area contributed by atoms with Crippen molar-refractivity contribution in [2.45, 2.75) is 57.5 Å². The fraction of sp³-hybridized carbons (Fsp3) is 0.396. The number of halogens is 1. The van der Waals surface area contributed by atoms with Crippen LogP contribution in [0.5, 0.6) is 23.0 Å². The Bertz CT molecular complexity index is 2990. The number of methoxy groups -OCH3 is 2. The van der Waals surface area contributed by atoms with Crippen LogP contribution in [0.4, 0.5) is 27.3 Å². The molecule has 20 heteroatoms. The molecule has 4 aliphatic heterocycles. The number of hydrogen-bond acceptors (Lipinski definition) is 15. The molecule has 1 unspecified atom stereocenters. The summed E-state index contributed by atoms with van der Waals surface area (Å²) in [5.74, 6) is -0.690. The third kappa shape index (κ3) is 9.83. The molecule has 4 fully saturated rings. The molecule has 10 rings (SSSR count). The first kappa shape index (κ1) is 48.9. The van der Waals surface area contributed by atoms with Crippen molar-refractivity contribution >= 4 is 69.2 Å². The van der Waals surface area contributed by atoms with Gasteiger partial charge in [0.25, 0.3) is 11.8 Å². The molecule has 3 saturated heterocycles. The standard InChI is InChI=1S/C53H57FN10O9/c1-31(62-26-24-61(25-27-62)23-20-57-47-46-36(12-18-56-47)49(67)64(50(46)68)39-9-11-45(65)60-48(39)66)32-14-21-63(22-15-32)40-30-38-37(29-43(40)71-2)41(13-19-55-38)73-42-10-8-35(28-44(42)72-3)59-52(70)53(16-17-53)51(69)58-34-6-4-33(54)5-7-34/h4-8,10,12-13,18-19,28-32,39H,9,11,14-17,20-27H2,1-3H3,(H,56,57)(H,58,69)(H,59,70)(H,60,65,66)/t31-,39?/m1/s1. The molecule has 1 aliphatic carbocycles. The number of carbonyl (C=O) groups is 6. The first-order valence-corrected chi connectivity index (χ1v) is 24.7. The zero-order chi connectivity index (χ0) is 51.0. The number of piperidine rings is 2. The summed E-state index contributed by atoms with van der Waals surface area (Å²) < 4.78 is 31.5. The number of nitrogens with zero attached hydrogens (tertiary/aromatic N) is 6. The third-order valence-corrected chi connectivity index (χ3v) is 15.0. The van der Waals surface area contributed by atoms with Gasteiger partial charge in [-0.2, -0.15) is 0 Å². The van der Waals surface area contributed by atoms with Crippen molar-refractivity contribution in [3.05, 3.63) is 96.1 Å². The lowest BCUT2D eigenvalue weighted by molar-refractivity contribution is -0.136. The summed E-state index contributed by atoms with van der Waals surface area (Å²) >= 11 is 0. The van der Waals surface area contributed by atoms with Gasteiger partial charge in [0.05, 0.1) is 36.6 Å². The van der Waals surface area contributed by atoms with Gasteiger partial charge in [-0.3, -0.25) is 53.8 Å². The third-order valence-electron chi connectivity index (χ3n) is 15.0. The van der Waals surface area contributed by atoms with Crippen LogP contribution in [0.3, 0.4) is 0 Å². The number of imide groups is 2. The van der Waals surface area contributed by atoms with Crippen LogP contribution in [0.1, 0.15) is 66.2 Å². The fourth-order valence-corrected chi connectivity index (χ4v) is 10.5. The zero-order valence-electron chi connectivity index (χ0n) is 40.9. The van der Waals surface area contributed by atoms with Crippen LogP contribution in [0.15, 0.2) is 79.1 Å². The number of carbonyl (C=O) groups excluding carboxylic acids is 6. The lowest BCUT2D eigenvalue weighted by Gasteiger charge is -2.43. The number of pyridine rings is 2. The summed E-state index contributed by atoms with van der Waals surface area (Å²) in [6, 6.07) is 17.0. The number of benzene rings is 3. The number of rotatable bonds is 16. The summed E-state index contributed by atoms with van der Waals surface area (Å²) in [4.78, 5) is 94.9. The highest BCUT2D eigenvalue weighted by Crippen LogP contribution is 2.48. The van der Waals surface area contributed by atoms with Gasteiger partial charge in [0.2, 0.25) is 23.6 Å². The van der Waals surface area contributed by atoms with Gasteiger partial charge in [-0.05, 0) is 106 Å². The maximum atomic E-state index is 13.5. The monoisotopic (exact) mass is 996 g/mol. The number of ether oxygens (including phenoxy) is 3. The van der Waals surface area contributed by atoms with E-state index in [1.165, 1.54) is 43.6 Å². The smallest absolute Gasteiger partial charge is 0.266 e. The van der Waals surface area contributed by atoms with Crippen molar-refractivity contribution in [3.8, 4) is 23.0 Å². The van der Waals surface area contributed by atoms with E-state index in [0.717, 1.165) is 80.1 Å². The Hall–Kier alpha value is -7.71. The fourth-order valence-electron chi connectivity index (χ4n) is 10.5. The highest BCUT2D eigenvalue weighted by Gasteiger charge is 2.56. The van der Waals surface area contributed by atoms with E-state index in [1.54, 1.807) is 37.6 Å². The Morgan fingerprint density at radius 2 is 1.48 bits per heavy atom. The molecule has 73 heavy (non-hydrogen) atoms. The average molecular weight is 997 g/mol. The highest BCUT2D eigenvalue weighted by atomic mass is 19.1. The first-order valence-electron chi connectivity index (χ1n) is 24.7. The number of hydrogen-bond donors (Lipinski definition) is 4. The van der Waals surface area contributed by atoms with Crippen LogP contribution < -0.4 is 40.4 Å². The molecule has 0 spiro atoms. The van der Waals surface area contributed by atoms with E-state index in [-0.39, 0.29) is 24.0 Å². The Balaban J connectivity index is 0.710. The minimum Gasteiger partial charge on any atom is -0.495 e. The molecule has 5 aromatic rings. The van der Waals surface area contributed by atoms with Crippen LogP contribution >= 0.6 is 0 Å². The molecule has 0 bridgehead atoms. The molecule has 6 heterocycles. The quantitative estimate of drug-likeness (QED) is 0.0692. The summed E-state index contributed by atoms with van der Waals surface area (Å²) in [5, 5.41) is 11.8. The lowest BCUT2D eigenvalue weighted by Crippen LogP contribution is -2.54. The molecular formula is C53H57FN10O9. The first-order chi connectivity index (χ1) is 35.3. The van der Waals surface area contributed by atoms with Crippen molar-refractivity contribution in [2.24, 2.45) is 11.3 Å². The van der Waals surface area contributed by atoms with E-state index in [2.05, 4.69) is 47.9 Å². The topological polar surface area (TPSA) is 217 Å². The second-order valence-electron chi connectivity index (χ2n) is 19.2. The molecule has 4 N–H and O–H groups in total. The van der Waals surface area contributed by atoms with Gasteiger partial charge in [0, 0.05) is 100 Å². The maximum Gasteiger partial charge on any atom is 0.266 e. The van der Waals surface area contributed by atoms with Crippen molar-refractivity contribution < 1.29 is 47.4 Å². The molecular weight excluding hydrogens is 940 g/mol. The van der Waals surface area contributed by atoms with E-state index >= 15 is 0 Å². The van der Waals surface area contributed by atoms with E-state index in [4.69, 9.17) is 19.2 Å². The number of fused-ring (bicyclic) bond motifs is 2. The van der Waals surface area contributed by atoms with E-state index in [9.17, 15) is 33.2 Å². The number of nitrogens with one attached hydrogen (secondary N) is 4. The van der Waals surface area contributed by atoms with E-state index < -0.39 is 52.7 Å². The highest BCUT2D eigenvalue weighted by molar-refractivity contribution is 6.25. The predicted molar refractivity (Wildman–Crippen MR) is 268 cm³/mol. The van der Waals surface area contributed by atoms with Crippen molar-refractivity contribution in [2.75, 3.05) is 87.4 Å². The molecule has 380 valence electrons. The lowest BCUT2D eigenvalue weighted by atomic mass is 9.88. The van der Waals surface area contributed by atoms with Crippen LogP contribution in [0.25, 0.3) is 10.9 Å². The molecule has 3 aromatic carbocycles. The van der Waals surface area contributed by atoms with Crippen LogP contribution in [0, 0.1) is 17.2 Å². The Kier molecular flexibility index (Phi) is 13.7. The number of anilines is 4. The number of amides is 6. The van der Waals surface area contributed by atoms with Gasteiger partial charge in [-0.1, -0.05) is 0 Å². The normalized spacial score (nSPS) is 19.5. The minimum atomic E-state index is -1.23. The summed E-state index contributed by atoms with van der Waals surface area (Å²) in [5.41, 5.74) is 1.66. The second kappa shape index (κ2) is 20.4. The largest absolute Gasteiger partial charge is 0.495 e. The van der Waals surface area contributed by atoms with Gasteiger partial charge in [-0.25, -0.2) is 9.37 Å². The van der Waals surface area contributed by atoms with Gasteiger partial charge >= 0.3 is 0 Å². The summed E-state index contributed by atoms with van der Waals surface area (Å²) in [7, 11) is 3.17. The minimum absolute atomic E-state index is 0.0550. The van der Waals surface area contributed by atoms with Crippen LogP contribution in [-0.4, -0.2) is 139 Å². The van der Waals surface area contributed by atoms with E-state index in [1.807, 2.05) is 12.1 Å². The van der Waals surface area contributed by atoms with Crippen LogP contribution in [-0.2, 0) is 19.2 Å². The summed E-state index contributed by atoms with van der Waals surface area (Å²) in [6.07, 6.45) is 6.13. The van der Waals surface area contributed by atoms with Gasteiger partial charge < -0.3 is 35.1 Å². The molecule has 1 saturated carbocycles. The Labute approximate surface area is 420 Å². The van der Waals surface area contributed by atoms with Crippen molar-refractivity contribution in [1.82, 2.24) is 30.0 Å². The van der Waals surface area contributed by atoms with Gasteiger partial charge in [0.1, 0.15) is 34.6 Å². The molecule has 6 amide bonds. The van der Waals surface area contributed by atoms with Crippen molar-refractivity contribution in [1.29, 1.82) is 0 Å². The molecule has 5 aliphatic rings. The molecule has 2 atom stereocenters. The van der Waals surface area contributed by atoms with Gasteiger partial charge in [0.15, 0.2) is 11.5 Å². The second-order valence-corrected chi connectivity index (χ2v) is 19.2. The van der Waals surface area contributed by atoms with Gasteiger partial charge in [-0.15, -0.1) is 0 Å². The Morgan fingerprint density at radius 3 is 2.18 bits per heavy atom. The predicted octanol–water partition coefficient (Wildman–Crippen LogP) is 5.67. The molecule has 0 radical (unpaired) electrons. The van der Waals surface area contributed by atoms with E-state index in [0.29, 0.717) is 71.5 Å². The zero-order valence-corrected chi connectivity index (χ0v) is 40.9. The molecule has 2 aromatic heterocycles. The maximum absolute atomic E-state index is 13.5. The SMILES string of the molecule is COc1cc(NC(=O)C2(C(=O)Nc3ccc(F)cc3)CC2)ccc1Oc1ccnc2cc(N3CCC([C@@H](C)N4CCN(CCNc5nccc6c5C(=O)N(C5CCC(=O)NC5=O)C6=O)CC4)CC3)c(OC)cc12. The molecule has 19 nitrogen and oxygen atoms in total. The number of aromatic nitrogens is 2. The van der Waals surface area contributed by atoms with Crippen LogP contribution in [0.2, 0.25) is 0 Å².